The van der Waals surface area contributed by atoms with Crippen LogP contribution in [0, 0.1) is 11.3 Å². The number of hydrogen-bond donors (Lipinski definition) is 1. The molecule has 1 unspecified atom stereocenters. The second-order valence-corrected chi connectivity index (χ2v) is 6.74. The van der Waals surface area contributed by atoms with Gasteiger partial charge in [0.2, 0.25) is 5.91 Å². The summed E-state index contributed by atoms with van der Waals surface area (Å²) in [6, 6.07) is 0. The molecule has 0 aliphatic heterocycles. The van der Waals surface area contributed by atoms with E-state index in [1.807, 2.05) is 19.0 Å². The van der Waals surface area contributed by atoms with Crippen molar-refractivity contribution < 1.29 is 14.7 Å². The molecule has 116 valence electrons. The first kappa shape index (κ1) is 17.0. The summed E-state index contributed by atoms with van der Waals surface area (Å²) in [5.74, 6) is -0.970. The normalized spacial score (nSPS) is 21.8. The fourth-order valence-corrected chi connectivity index (χ4v) is 2.92. The van der Waals surface area contributed by atoms with E-state index in [-0.39, 0.29) is 23.8 Å². The lowest BCUT2D eigenvalue weighted by Gasteiger charge is -2.40. The molecule has 1 amide bonds. The Balaban J connectivity index is 2.77. The predicted octanol–water partition coefficient (Wildman–Crippen LogP) is 1.68. The van der Waals surface area contributed by atoms with Crippen molar-refractivity contribution in [3.63, 3.8) is 0 Å². The van der Waals surface area contributed by atoms with E-state index >= 15 is 0 Å². The van der Waals surface area contributed by atoms with Crippen molar-refractivity contribution in [2.24, 2.45) is 11.3 Å². The lowest BCUT2D eigenvalue weighted by atomic mass is 9.68. The van der Waals surface area contributed by atoms with E-state index in [4.69, 9.17) is 5.11 Å². The van der Waals surface area contributed by atoms with E-state index in [2.05, 4.69) is 13.8 Å². The van der Waals surface area contributed by atoms with E-state index in [1.165, 1.54) is 4.90 Å². The Labute approximate surface area is 121 Å². The van der Waals surface area contributed by atoms with Crippen molar-refractivity contribution in [1.29, 1.82) is 0 Å². The Morgan fingerprint density at radius 3 is 2.35 bits per heavy atom. The average molecular weight is 284 g/mol. The summed E-state index contributed by atoms with van der Waals surface area (Å²) in [5, 5.41) is 9.02. The number of rotatable bonds is 6. The molecule has 5 heteroatoms. The Morgan fingerprint density at radius 1 is 1.20 bits per heavy atom. The number of likely N-dealkylation sites (N-methyl/N-ethyl adjacent to an activating group) is 1. The van der Waals surface area contributed by atoms with Crippen molar-refractivity contribution >= 4 is 11.9 Å². The third-order valence-electron chi connectivity index (χ3n) is 4.26. The van der Waals surface area contributed by atoms with E-state index in [9.17, 15) is 9.59 Å². The van der Waals surface area contributed by atoms with Crippen LogP contribution in [0.4, 0.5) is 0 Å². The van der Waals surface area contributed by atoms with Gasteiger partial charge in [-0.05, 0) is 32.4 Å². The molecule has 0 saturated heterocycles. The Kier molecular flexibility index (Phi) is 5.99. The van der Waals surface area contributed by atoms with Crippen molar-refractivity contribution in [1.82, 2.24) is 9.80 Å². The Morgan fingerprint density at radius 2 is 1.85 bits per heavy atom. The highest BCUT2D eigenvalue weighted by molar-refractivity contribution is 5.83. The summed E-state index contributed by atoms with van der Waals surface area (Å²) in [6.07, 6.45) is 4.14. The smallest absolute Gasteiger partial charge is 0.323 e. The van der Waals surface area contributed by atoms with Gasteiger partial charge in [-0.1, -0.05) is 26.7 Å². The summed E-state index contributed by atoms with van der Waals surface area (Å²) in [4.78, 5) is 27.2. The van der Waals surface area contributed by atoms with Crippen molar-refractivity contribution in [2.45, 2.75) is 39.5 Å². The summed E-state index contributed by atoms with van der Waals surface area (Å²) >= 11 is 0. The number of aliphatic carboxylic acids is 1. The predicted molar refractivity (Wildman–Crippen MR) is 78.5 cm³/mol. The first-order valence-electron chi connectivity index (χ1n) is 7.39. The molecule has 0 aromatic carbocycles. The maximum Gasteiger partial charge on any atom is 0.323 e. The highest BCUT2D eigenvalue weighted by Gasteiger charge is 2.39. The van der Waals surface area contributed by atoms with Gasteiger partial charge in [0, 0.05) is 19.0 Å². The van der Waals surface area contributed by atoms with Crippen LogP contribution in [0.1, 0.15) is 39.5 Å². The molecule has 0 spiro atoms. The quantitative estimate of drug-likeness (QED) is 0.806. The monoisotopic (exact) mass is 284 g/mol. The van der Waals surface area contributed by atoms with Crippen LogP contribution in [-0.4, -0.2) is 60.5 Å². The van der Waals surface area contributed by atoms with Gasteiger partial charge in [0.1, 0.15) is 6.54 Å². The fourth-order valence-electron chi connectivity index (χ4n) is 2.92. The minimum atomic E-state index is -0.939. The fraction of sp³-hybridized carbons (Fsp3) is 0.867. The van der Waals surface area contributed by atoms with Crippen molar-refractivity contribution in [3.8, 4) is 0 Å². The molecule has 5 nitrogen and oxygen atoms in total. The van der Waals surface area contributed by atoms with Gasteiger partial charge in [-0.25, -0.2) is 0 Å². The summed E-state index contributed by atoms with van der Waals surface area (Å²) in [7, 11) is 3.85. The number of carboxylic acid groups (broad SMARTS) is 1. The Hall–Kier alpha value is -1.10. The second-order valence-electron chi connectivity index (χ2n) is 6.74. The molecule has 0 aromatic heterocycles. The van der Waals surface area contributed by atoms with Gasteiger partial charge < -0.3 is 14.9 Å². The van der Waals surface area contributed by atoms with Crippen molar-refractivity contribution in [3.05, 3.63) is 0 Å². The number of nitrogens with zero attached hydrogens (tertiary/aromatic N) is 2. The SMILES string of the molecule is CN(C)CCN(CC(=O)O)C(=O)C1CCCCC1(C)C. The van der Waals surface area contributed by atoms with Crippen LogP contribution in [0.2, 0.25) is 0 Å². The molecule has 0 bridgehead atoms. The van der Waals surface area contributed by atoms with Gasteiger partial charge in [-0.3, -0.25) is 9.59 Å². The highest BCUT2D eigenvalue weighted by Crippen LogP contribution is 2.41. The molecule has 1 aliphatic rings. The molecule has 0 radical (unpaired) electrons. The summed E-state index contributed by atoms with van der Waals surface area (Å²) < 4.78 is 0. The molecule has 1 saturated carbocycles. The first-order valence-corrected chi connectivity index (χ1v) is 7.39. The molecule has 1 fully saturated rings. The standard InChI is InChI=1S/C15H28N2O3/c1-15(2)8-6-5-7-12(15)14(20)17(11-13(18)19)10-9-16(3)4/h12H,5-11H2,1-4H3,(H,18,19). The third kappa shape index (κ3) is 4.78. The summed E-state index contributed by atoms with van der Waals surface area (Å²) in [6.45, 7) is 5.22. The zero-order valence-corrected chi connectivity index (χ0v) is 13.2. The maximum absolute atomic E-state index is 12.7. The Bertz CT molecular complexity index is 353. The van der Waals surface area contributed by atoms with Gasteiger partial charge in [-0.2, -0.15) is 0 Å². The van der Waals surface area contributed by atoms with Crippen LogP contribution in [0.5, 0.6) is 0 Å². The zero-order chi connectivity index (χ0) is 15.3. The topological polar surface area (TPSA) is 60.9 Å². The van der Waals surface area contributed by atoms with E-state index in [0.29, 0.717) is 13.1 Å². The molecular formula is C15H28N2O3. The molecule has 1 atom stereocenters. The van der Waals surface area contributed by atoms with Gasteiger partial charge in [0.05, 0.1) is 0 Å². The lowest BCUT2D eigenvalue weighted by Crippen LogP contribution is -2.47. The van der Waals surface area contributed by atoms with Crippen LogP contribution in [-0.2, 0) is 9.59 Å². The number of carbonyl (C=O) groups excluding carboxylic acids is 1. The van der Waals surface area contributed by atoms with Gasteiger partial charge in [-0.15, -0.1) is 0 Å². The molecule has 1 aliphatic carbocycles. The molecular weight excluding hydrogens is 256 g/mol. The largest absolute Gasteiger partial charge is 0.480 e. The third-order valence-corrected chi connectivity index (χ3v) is 4.26. The maximum atomic E-state index is 12.7. The summed E-state index contributed by atoms with van der Waals surface area (Å²) in [5.41, 5.74) is -0.0236. The van der Waals surface area contributed by atoms with Gasteiger partial charge in [0.15, 0.2) is 0 Å². The van der Waals surface area contributed by atoms with Crippen LogP contribution in [0.3, 0.4) is 0 Å². The van der Waals surface area contributed by atoms with Crippen LogP contribution in [0.15, 0.2) is 0 Å². The second kappa shape index (κ2) is 7.07. The molecule has 20 heavy (non-hydrogen) atoms. The zero-order valence-electron chi connectivity index (χ0n) is 13.2. The minimum Gasteiger partial charge on any atom is -0.480 e. The molecule has 1 rings (SSSR count). The number of carboxylic acids is 1. The van der Waals surface area contributed by atoms with Crippen LogP contribution >= 0.6 is 0 Å². The van der Waals surface area contributed by atoms with E-state index < -0.39 is 5.97 Å². The number of amides is 1. The molecule has 0 aromatic rings. The molecule has 0 heterocycles. The first-order chi connectivity index (χ1) is 9.24. The minimum absolute atomic E-state index is 0.0129. The van der Waals surface area contributed by atoms with E-state index in [0.717, 1.165) is 25.7 Å². The number of carbonyl (C=O) groups is 2. The van der Waals surface area contributed by atoms with Crippen LogP contribution < -0.4 is 0 Å². The van der Waals surface area contributed by atoms with Gasteiger partial charge >= 0.3 is 5.97 Å². The van der Waals surface area contributed by atoms with E-state index in [1.54, 1.807) is 0 Å². The van der Waals surface area contributed by atoms with Crippen molar-refractivity contribution in [2.75, 3.05) is 33.7 Å². The number of hydrogen-bond acceptors (Lipinski definition) is 3. The van der Waals surface area contributed by atoms with Crippen LogP contribution in [0.25, 0.3) is 0 Å². The highest BCUT2D eigenvalue weighted by atomic mass is 16.4. The lowest BCUT2D eigenvalue weighted by molar-refractivity contribution is -0.149. The molecule has 1 N–H and O–H groups in total. The average Bonchev–Trinajstić information content (AvgIpc) is 2.32. The van der Waals surface area contributed by atoms with Gasteiger partial charge in [0.25, 0.3) is 0 Å².